The van der Waals surface area contributed by atoms with Crippen LogP contribution in [0.25, 0.3) is 0 Å². The van der Waals surface area contributed by atoms with Crippen molar-refractivity contribution in [1.29, 1.82) is 0 Å². The highest BCUT2D eigenvalue weighted by Gasteiger charge is 2.43. The average Bonchev–Trinajstić information content (AvgIpc) is 3.24. The van der Waals surface area contributed by atoms with E-state index in [4.69, 9.17) is 4.74 Å². The molecule has 0 aromatic heterocycles. The van der Waals surface area contributed by atoms with E-state index in [1.54, 1.807) is 4.31 Å². The summed E-state index contributed by atoms with van der Waals surface area (Å²) in [5.74, 6) is 0.686. The summed E-state index contributed by atoms with van der Waals surface area (Å²) >= 11 is 0. The van der Waals surface area contributed by atoms with Gasteiger partial charge in [-0.1, -0.05) is 30.3 Å². The quantitative estimate of drug-likeness (QED) is 0.735. The molecule has 3 saturated heterocycles. The van der Waals surface area contributed by atoms with Gasteiger partial charge in [-0.2, -0.15) is 0 Å². The molecule has 3 fully saturated rings. The van der Waals surface area contributed by atoms with Crippen LogP contribution in [0.15, 0.2) is 30.3 Å². The van der Waals surface area contributed by atoms with Crippen molar-refractivity contribution in [3.8, 4) is 0 Å². The van der Waals surface area contributed by atoms with Gasteiger partial charge in [0, 0.05) is 39.2 Å². The van der Waals surface area contributed by atoms with Crippen molar-refractivity contribution >= 4 is 15.9 Å². The number of hydrogen-bond acceptors (Lipinski definition) is 4. The lowest BCUT2D eigenvalue weighted by Gasteiger charge is -2.46. The molecule has 3 aliphatic rings. The highest BCUT2D eigenvalue weighted by molar-refractivity contribution is 7.88. The van der Waals surface area contributed by atoms with Crippen molar-refractivity contribution < 1.29 is 17.9 Å². The number of likely N-dealkylation sites (tertiary alicyclic amines) is 1. The number of sulfonamides is 1. The molecule has 1 aromatic carbocycles. The minimum atomic E-state index is -3.32. The van der Waals surface area contributed by atoms with Crippen LogP contribution in [0.3, 0.4) is 0 Å². The number of nitrogens with zero attached hydrogens (tertiary/aromatic N) is 2. The fourth-order valence-corrected chi connectivity index (χ4v) is 6.58. The van der Waals surface area contributed by atoms with E-state index in [-0.39, 0.29) is 17.3 Å². The van der Waals surface area contributed by atoms with Gasteiger partial charge in [-0.3, -0.25) is 4.79 Å². The first-order valence-corrected chi connectivity index (χ1v) is 12.5. The van der Waals surface area contributed by atoms with Crippen molar-refractivity contribution in [2.75, 3.05) is 32.8 Å². The third-order valence-electron chi connectivity index (χ3n) is 6.74. The molecule has 1 amide bonds. The molecule has 0 radical (unpaired) electrons. The minimum absolute atomic E-state index is 0.0503. The zero-order valence-corrected chi connectivity index (χ0v) is 17.9. The predicted octanol–water partition coefficient (Wildman–Crippen LogP) is 2.79. The normalized spacial score (nSPS) is 25.4. The van der Waals surface area contributed by atoms with Crippen molar-refractivity contribution in [3.63, 3.8) is 0 Å². The van der Waals surface area contributed by atoms with Crippen LogP contribution in [0.2, 0.25) is 0 Å². The lowest BCUT2D eigenvalue weighted by atomic mass is 9.78. The fourth-order valence-electron chi connectivity index (χ4n) is 5.04. The molecule has 3 aliphatic heterocycles. The third kappa shape index (κ3) is 5.01. The SMILES string of the molecule is O=C(CC1CCOC2(CCN(S(=O)(=O)Cc3ccccc3)CC2)C1)N1CCCC1. The van der Waals surface area contributed by atoms with Crippen molar-refractivity contribution in [2.24, 2.45) is 5.92 Å². The monoisotopic (exact) mass is 420 g/mol. The molecule has 160 valence electrons. The summed E-state index contributed by atoms with van der Waals surface area (Å²) in [7, 11) is -3.32. The van der Waals surface area contributed by atoms with Crippen LogP contribution in [0.1, 0.15) is 50.5 Å². The second-order valence-corrected chi connectivity index (χ2v) is 10.8. The van der Waals surface area contributed by atoms with E-state index in [0.717, 1.165) is 57.2 Å². The Morgan fingerprint density at radius 2 is 1.76 bits per heavy atom. The fraction of sp³-hybridized carbons (Fsp3) is 0.682. The first-order valence-electron chi connectivity index (χ1n) is 10.9. The maximum atomic E-state index is 12.8. The van der Waals surface area contributed by atoms with E-state index in [9.17, 15) is 13.2 Å². The van der Waals surface area contributed by atoms with E-state index in [2.05, 4.69) is 0 Å². The molecule has 29 heavy (non-hydrogen) atoms. The van der Waals surface area contributed by atoms with Gasteiger partial charge in [-0.05, 0) is 50.0 Å². The van der Waals surface area contributed by atoms with Gasteiger partial charge in [0.05, 0.1) is 11.4 Å². The first-order chi connectivity index (χ1) is 14.0. The third-order valence-corrected chi connectivity index (χ3v) is 8.59. The maximum Gasteiger partial charge on any atom is 0.222 e. The minimum Gasteiger partial charge on any atom is -0.375 e. The average molecular weight is 421 g/mol. The Balaban J connectivity index is 1.32. The number of carbonyl (C=O) groups is 1. The Hall–Kier alpha value is -1.44. The van der Waals surface area contributed by atoms with Crippen LogP contribution in [-0.4, -0.2) is 61.9 Å². The molecule has 1 spiro atoms. The van der Waals surface area contributed by atoms with Crippen molar-refractivity contribution in [1.82, 2.24) is 9.21 Å². The number of rotatable bonds is 5. The number of benzene rings is 1. The standard InChI is InChI=1S/C22H32N2O4S/c25-21(23-11-4-5-12-23)16-20-8-15-28-22(17-20)9-13-24(14-10-22)29(26,27)18-19-6-2-1-3-7-19/h1-3,6-7,20H,4-5,8-18H2. The number of carbonyl (C=O) groups excluding carboxylic acids is 1. The lowest BCUT2D eigenvalue weighted by molar-refractivity contribution is -0.139. The summed E-state index contributed by atoms with van der Waals surface area (Å²) in [6, 6.07) is 9.35. The largest absolute Gasteiger partial charge is 0.375 e. The van der Waals surface area contributed by atoms with Gasteiger partial charge in [-0.25, -0.2) is 12.7 Å². The molecule has 0 bridgehead atoms. The summed E-state index contributed by atoms with van der Waals surface area (Å²) in [6.07, 6.45) is 6.09. The molecule has 1 aromatic rings. The van der Waals surface area contributed by atoms with Crippen LogP contribution in [0.5, 0.6) is 0 Å². The van der Waals surface area contributed by atoms with Crippen molar-refractivity contribution in [3.05, 3.63) is 35.9 Å². The van der Waals surface area contributed by atoms with Crippen molar-refractivity contribution in [2.45, 2.75) is 56.3 Å². The molecule has 6 nitrogen and oxygen atoms in total. The summed E-state index contributed by atoms with van der Waals surface area (Å²) < 4.78 is 33.4. The molecule has 7 heteroatoms. The van der Waals surface area contributed by atoms with Gasteiger partial charge in [0.15, 0.2) is 0 Å². The van der Waals surface area contributed by atoms with Gasteiger partial charge in [-0.15, -0.1) is 0 Å². The van der Waals surface area contributed by atoms with E-state index in [0.29, 0.717) is 32.0 Å². The summed E-state index contributed by atoms with van der Waals surface area (Å²) in [4.78, 5) is 14.5. The Labute approximate surface area is 174 Å². The highest BCUT2D eigenvalue weighted by atomic mass is 32.2. The van der Waals surface area contributed by atoms with Gasteiger partial charge >= 0.3 is 0 Å². The zero-order chi connectivity index (χ0) is 20.3. The van der Waals surface area contributed by atoms with Crippen LogP contribution < -0.4 is 0 Å². The molecule has 0 aliphatic carbocycles. The maximum absolute atomic E-state index is 12.8. The highest BCUT2D eigenvalue weighted by Crippen LogP contribution is 2.39. The number of piperidine rings is 1. The van der Waals surface area contributed by atoms with Crippen LogP contribution in [-0.2, 0) is 25.3 Å². The van der Waals surface area contributed by atoms with E-state index >= 15 is 0 Å². The summed E-state index contributed by atoms with van der Waals surface area (Å²) in [5, 5.41) is 0. The number of amides is 1. The second kappa shape index (κ2) is 8.74. The Kier molecular flexibility index (Phi) is 6.27. The van der Waals surface area contributed by atoms with Crippen LogP contribution in [0, 0.1) is 5.92 Å². The van der Waals surface area contributed by atoms with Gasteiger partial charge in [0.25, 0.3) is 0 Å². The summed E-state index contributed by atoms with van der Waals surface area (Å²) in [6.45, 7) is 3.49. The molecular formula is C22H32N2O4S. The topological polar surface area (TPSA) is 66.9 Å². The molecule has 1 unspecified atom stereocenters. The van der Waals surface area contributed by atoms with Gasteiger partial charge in [0.2, 0.25) is 15.9 Å². The molecule has 0 N–H and O–H groups in total. The zero-order valence-electron chi connectivity index (χ0n) is 17.1. The second-order valence-electron chi connectivity index (χ2n) is 8.82. The number of ether oxygens (including phenoxy) is 1. The Bertz CT molecular complexity index is 797. The first kappa shape index (κ1) is 20.8. The van der Waals surface area contributed by atoms with Gasteiger partial charge in [0.1, 0.15) is 0 Å². The molecular weight excluding hydrogens is 388 g/mol. The summed E-state index contributed by atoms with van der Waals surface area (Å²) in [5.41, 5.74) is 0.565. The smallest absolute Gasteiger partial charge is 0.222 e. The van der Waals surface area contributed by atoms with E-state index in [1.165, 1.54) is 0 Å². The molecule has 0 saturated carbocycles. The lowest BCUT2D eigenvalue weighted by Crippen LogP contribution is -2.51. The predicted molar refractivity (Wildman–Crippen MR) is 112 cm³/mol. The van der Waals surface area contributed by atoms with Crippen LogP contribution >= 0.6 is 0 Å². The molecule has 4 rings (SSSR count). The van der Waals surface area contributed by atoms with E-state index in [1.807, 2.05) is 35.2 Å². The Morgan fingerprint density at radius 1 is 1.07 bits per heavy atom. The molecule has 1 atom stereocenters. The Morgan fingerprint density at radius 3 is 2.45 bits per heavy atom. The number of hydrogen-bond donors (Lipinski definition) is 0. The van der Waals surface area contributed by atoms with Crippen LogP contribution in [0.4, 0.5) is 0 Å². The van der Waals surface area contributed by atoms with Gasteiger partial charge < -0.3 is 9.64 Å². The molecule has 3 heterocycles. The van der Waals surface area contributed by atoms with E-state index < -0.39 is 10.0 Å².